The van der Waals surface area contributed by atoms with Gasteiger partial charge in [-0.3, -0.25) is 19.8 Å². The molecule has 0 aliphatic carbocycles. The van der Waals surface area contributed by atoms with Crippen LogP contribution in [0.5, 0.6) is 0 Å². The molecule has 30 heavy (non-hydrogen) atoms. The Balaban J connectivity index is 1.38. The van der Waals surface area contributed by atoms with Crippen molar-refractivity contribution in [2.75, 3.05) is 38.5 Å². The number of piperazine rings is 1. The first kappa shape index (κ1) is 20.3. The maximum atomic E-state index is 12.9. The molecule has 1 aromatic carbocycles. The van der Waals surface area contributed by atoms with Crippen LogP contribution in [0.25, 0.3) is 0 Å². The molecule has 1 aromatic heterocycles. The van der Waals surface area contributed by atoms with Gasteiger partial charge in [-0.25, -0.2) is 0 Å². The predicted octanol–water partition coefficient (Wildman–Crippen LogP) is 1.91. The maximum Gasteiger partial charge on any atom is 0.293 e. The Kier molecular flexibility index (Phi) is 5.93. The lowest BCUT2D eigenvalue weighted by atomic mass is 10.1. The van der Waals surface area contributed by atoms with Crippen LogP contribution in [0.4, 0.5) is 11.4 Å². The van der Waals surface area contributed by atoms with Gasteiger partial charge >= 0.3 is 0 Å². The van der Waals surface area contributed by atoms with Gasteiger partial charge in [-0.1, -0.05) is 6.42 Å². The topological polar surface area (TPSA) is 109 Å². The second-order valence-corrected chi connectivity index (χ2v) is 7.80. The van der Waals surface area contributed by atoms with Crippen LogP contribution in [0.1, 0.15) is 41.3 Å². The fraction of sp³-hybridized carbons (Fsp3) is 0.550. The highest BCUT2D eigenvalue weighted by Gasteiger charge is 2.26. The normalized spacial score (nSPS) is 17.3. The van der Waals surface area contributed by atoms with Crippen molar-refractivity contribution in [3.8, 4) is 0 Å². The first-order valence-electron chi connectivity index (χ1n) is 10.5. The molecule has 0 radical (unpaired) electrons. The summed E-state index contributed by atoms with van der Waals surface area (Å²) in [6, 6.07) is 4.57. The van der Waals surface area contributed by atoms with Crippen molar-refractivity contribution in [2.45, 2.75) is 38.8 Å². The van der Waals surface area contributed by atoms with Crippen molar-refractivity contribution < 1.29 is 9.72 Å². The Morgan fingerprint density at radius 2 is 1.93 bits per heavy atom. The fourth-order valence-corrected chi connectivity index (χ4v) is 4.18. The van der Waals surface area contributed by atoms with Crippen molar-refractivity contribution in [3.63, 3.8) is 0 Å². The maximum absolute atomic E-state index is 12.9. The molecule has 1 amide bonds. The molecule has 1 fully saturated rings. The number of carbonyl (C=O) groups excluding carboxylic acids is 1. The molecule has 4 rings (SSSR count). The Hall–Kier alpha value is -3.01. The molecule has 160 valence electrons. The number of hydrogen-bond donors (Lipinski definition) is 1. The number of rotatable bonds is 5. The van der Waals surface area contributed by atoms with Gasteiger partial charge in [0.1, 0.15) is 17.3 Å². The standard InChI is InChI=1S/C20H27N7O3/c1-21-16-7-6-15(13-17(16)27(29)30)20(28)25-11-9-24(10-12-25)14-19-23-22-18-5-3-2-4-8-26(18)19/h6-7,13,21H,2-5,8-12,14H2,1H3. The minimum atomic E-state index is -0.470. The quantitative estimate of drug-likeness (QED) is 0.589. The van der Waals surface area contributed by atoms with Gasteiger partial charge in [0.2, 0.25) is 0 Å². The molecule has 10 nitrogen and oxygen atoms in total. The van der Waals surface area contributed by atoms with Crippen LogP contribution in [0, 0.1) is 10.1 Å². The molecular weight excluding hydrogens is 386 g/mol. The average Bonchev–Trinajstić information content (AvgIpc) is 2.98. The summed E-state index contributed by atoms with van der Waals surface area (Å²) in [4.78, 5) is 27.7. The van der Waals surface area contributed by atoms with Crippen LogP contribution in [0.2, 0.25) is 0 Å². The first-order chi connectivity index (χ1) is 14.6. The van der Waals surface area contributed by atoms with Gasteiger partial charge in [0.15, 0.2) is 0 Å². The van der Waals surface area contributed by atoms with E-state index in [-0.39, 0.29) is 11.6 Å². The molecule has 0 saturated carbocycles. The van der Waals surface area contributed by atoms with Crippen LogP contribution >= 0.6 is 0 Å². The van der Waals surface area contributed by atoms with Gasteiger partial charge in [-0.05, 0) is 25.0 Å². The molecule has 10 heteroatoms. The number of anilines is 1. The van der Waals surface area contributed by atoms with E-state index in [0.29, 0.717) is 24.3 Å². The molecule has 1 N–H and O–H groups in total. The summed E-state index contributed by atoms with van der Waals surface area (Å²) in [6.45, 7) is 4.37. The minimum Gasteiger partial charge on any atom is -0.383 e. The van der Waals surface area contributed by atoms with Crippen molar-refractivity contribution in [1.29, 1.82) is 0 Å². The highest BCUT2D eigenvalue weighted by molar-refractivity contribution is 5.95. The molecule has 0 spiro atoms. The van der Waals surface area contributed by atoms with Crippen LogP contribution in [0.15, 0.2) is 18.2 Å². The molecule has 0 bridgehead atoms. The van der Waals surface area contributed by atoms with E-state index in [2.05, 4.69) is 25.0 Å². The monoisotopic (exact) mass is 413 g/mol. The number of nitrogens with zero attached hydrogens (tertiary/aromatic N) is 6. The molecule has 0 atom stereocenters. The second-order valence-electron chi connectivity index (χ2n) is 7.80. The van der Waals surface area contributed by atoms with Crippen molar-refractivity contribution in [3.05, 3.63) is 45.5 Å². The number of nitro groups is 1. The Bertz CT molecular complexity index is 934. The SMILES string of the molecule is CNc1ccc(C(=O)N2CCN(Cc3nnc4n3CCCCC4)CC2)cc1[N+](=O)[O-]. The lowest BCUT2D eigenvalue weighted by Crippen LogP contribution is -2.48. The molecule has 2 aromatic rings. The number of amides is 1. The molecule has 3 heterocycles. The smallest absolute Gasteiger partial charge is 0.293 e. The number of aromatic nitrogens is 3. The number of fused-ring (bicyclic) bond motifs is 1. The van der Waals surface area contributed by atoms with Gasteiger partial charge in [-0.2, -0.15) is 0 Å². The molecule has 2 aliphatic rings. The lowest BCUT2D eigenvalue weighted by molar-refractivity contribution is -0.384. The number of aryl methyl sites for hydroxylation is 1. The van der Waals surface area contributed by atoms with Crippen molar-refractivity contribution in [2.24, 2.45) is 0 Å². The summed E-state index contributed by atoms with van der Waals surface area (Å²) in [7, 11) is 1.62. The van der Waals surface area contributed by atoms with Crippen molar-refractivity contribution in [1.82, 2.24) is 24.6 Å². The fourth-order valence-electron chi connectivity index (χ4n) is 4.18. The van der Waals surface area contributed by atoms with Crippen LogP contribution < -0.4 is 5.32 Å². The van der Waals surface area contributed by atoms with Gasteiger partial charge in [0.25, 0.3) is 11.6 Å². The third kappa shape index (κ3) is 4.13. The van der Waals surface area contributed by atoms with Crippen LogP contribution in [-0.2, 0) is 19.5 Å². The summed E-state index contributed by atoms with van der Waals surface area (Å²) < 4.78 is 2.26. The van der Waals surface area contributed by atoms with E-state index in [1.54, 1.807) is 24.1 Å². The highest BCUT2D eigenvalue weighted by Crippen LogP contribution is 2.26. The number of benzene rings is 1. The zero-order valence-electron chi connectivity index (χ0n) is 17.2. The highest BCUT2D eigenvalue weighted by atomic mass is 16.6. The van der Waals surface area contributed by atoms with Crippen LogP contribution in [-0.4, -0.2) is 68.6 Å². The Morgan fingerprint density at radius 3 is 2.67 bits per heavy atom. The summed E-state index contributed by atoms with van der Waals surface area (Å²) in [6.07, 6.45) is 4.57. The first-order valence-corrected chi connectivity index (χ1v) is 10.5. The zero-order valence-corrected chi connectivity index (χ0v) is 17.2. The lowest BCUT2D eigenvalue weighted by Gasteiger charge is -2.34. The zero-order chi connectivity index (χ0) is 21.1. The third-order valence-corrected chi connectivity index (χ3v) is 5.92. The summed E-state index contributed by atoms with van der Waals surface area (Å²) >= 11 is 0. The average molecular weight is 413 g/mol. The van der Waals surface area contributed by atoms with Gasteiger partial charge in [-0.15, -0.1) is 10.2 Å². The van der Waals surface area contributed by atoms with E-state index < -0.39 is 4.92 Å². The Labute approximate surface area is 175 Å². The molecular formula is C20H27N7O3. The van der Waals surface area contributed by atoms with E-state index in [1.165, 1.54) is 25.3 Å². The molecule has 0 unspecified atom stereocenters. The summed E-state index contributed by atoms with van der Waals surface area (Å²) in [5, 5.41) is 22.8. The summed E-state index contributed by atoms with van der Waals surface area (Å²) in [5.74, 6) is 1.92. The number of nitro benzene ring substituents is 1. The minimum absolute atomic E-state index is 0.0884. The van der Waals surface area contributed by atoms with Crippen LogP contribution in [0.3, 0.4) is 0 Å². The van der Waals surface area contributed by atoms with Gasteiger partial charge in [0, 0.05) is 57.8 Å². The second kappa shape index (κ2) is 8.78. The summed E-state index contributed by atoms with van der Waals surface area (Å²) in [5.41, 5.74) is 0.653. The van der Waals surface area contributed by atoms with E-state index >= 15 is 0 Å². The molecule has 1 saturated heterocycles. The number of hydrogen-bond acceptors (Lipinski definition) is 7. The number of nitrogens with one attached hydrogen (secondary N) is 1. The number of carbonyl (C=O) groups is 1. The van der Waals surface area contributed by atoms with E-state index in [4.69, 9.17) is 0 Å². The molecule has 2 aliphatic heterocycles. The van der Waals surface area contributed by atoms with E-state index in [0.717, 1.165) is 44.2 Å². The predicted molar refractivity (Wildman–Crippen MR) is 111 cm³/mol. The Morgan fingerprint density at radius 1 is 1.13 bits per heavy atom. The van der Waals surface area contributed by atoms with E-state index in [9.17, 15) is 14.9 Å². The largest absolute Gasteiger partial charge is 0.383 e. The van der Waals surface area contributed by atoms with Gasteiger partial charge in [0.05, 0.1) is 11.5 Å². The third-order valence-electron chi connectivity index (χ3n) is 5.92. The van der Waals surface area contributed by atoms with E-state index in [1.807, 2.05) is 0 Å². The van der Waals surface area contributed by atoms with Gasteiger partial charge < -0.3 is 14.8 Å². The van der Waals surface area contributed by atoms with Crippen molar-refractivity contribution >= 4 is 17.3 Å².